The molecule has 160 valence electrons. The Labute approximate surface area is 171 Å². The minimum Gasteiger partial charge on any atom is -0.340 e. The van der Waals surface area contributed by atoms with Gasteiger partial charge >= 0.3 is 0 Å². The van der Waals surface area contributed by atoms with E-state index in [1.807, 2.05) is 0 Å². The maximum Gasteiger partial charge on any atom is 0.222 e. The fraction of sp³-hybridized carbons (Fsp3) is 0.957. The Hall–Kier alpha value is -0.650. The Kier molecular flexibility index (Phi) is 6.95. The smallest absolute Gasteiger partial charge is 0.222 e. The molecule has 0 radical (unpaired) electrons. The molecule has 4 atom stereocenters. The zero-order valence-electron chi connectivity index (χ0n) is 18.2. The zero-order valence-corrected chi connectivity index (χ0v) is 18.2. The lowest BCUT2D eigenvalue weighted by Gasteiger charge is -2.53. The molecular weight excluding hydrogens is 348 g/mol. The van der Waals surface area contributed by atoms with Crippen molar-refractivity contribution >= 4 is 5.91 Å². The molecule has 0 spiro atoms. The van der Waals surface area contributed by atoms with Gasteiger partial charge in [-0.3, -0.25) is 15.1 Å². The molecule has 2 aliphatic carbocycles. The molecule has 4 rings (SSSR count). The average molecular weight is 391 g/mol. The van der Waals surface area contributed by atoms with Crippen molar-refractivity contribution in [3.63, 3.8) is 0 Å². The van der Waals surface area contributed by atoms with E-state index >= 15 is 0 Å². The van der Waals surface area contributed by atoms with E-state index < -0.39 is 0 Å². The van der Waals surface area contributed by atoms with Crippen molar-refractivity contribution in [2.45, 2.75) is 90.3 Å². The number of amides is 1. The summed E-state index contributed by atoms with van der Waals surface area (Å²) in [5.41, 5.74) is 7.62. The molecule has 0 aromatic rings. The molecule has 2 N–H and O–H groups in total. The Bertz CT molecular complexity index is 511. The molecule has 0 bridgehead atoms. The zero-order chi connectivity index (χ0) is 19.5. The van der Waals surface area contributed by atoms with Crippen molar-refractivity contribution in [1.29, 1.82) is 0 Å². The molecule has 5 heteroatoms. The first-order chi connectivity index (χ1) is 13.7. The van der Waals surface area contributed by atoms with Crippen LogP contribution in [0.2, 0.25) is 0 Å². The number of fused-ring (bicyclic) bond motifs is 1. The number of hydrogen-bond donors (Lipinski definition) is 2. The number of nitrogens with zero attached hydrogens (tertiary/aromatic N) is 2. The van der Waals surface area contributed by atoms with Crippen LogP contribution in [0.1, 0.15) is 78.1 Å². The van der Waals surface area contributed by atoms with Gasteiger partial charge in [-0.1, -0.05) is 39.5 Å². The normalized spacial score (nSPS) is 40.1. The minimum atomic E-state index is 0.346. The van der Waals surface area contributed by atoms with Gasteiger partial charge in [0.25, 0.3) is 0 Å². The predicted molar refractivity (Wildman–Crippen MR) is 113 cm³/mol. The molecule has 2 aliphatic heterocycles. The van der Waals surface area contributed by atoms with Crippen LogP contribution in [0.3, 0.4) is 0 Å². The molecule has 2 heterocycles. The molecule has 0 aromatic carbocycles. The largest absolute Gasteiger partial charge is 0.340 e. The minimum absolute atomic E-state index is 0.346. The standard InChI is InChI=1S/C23H42N4O/c1-3-6-21(28)26-13-15-27(16-14-26)23-20-8-5-4-7-19(20)22(24-25-23)18-11-9-17(2)10-12-18/h17-20,22-25H,3-16H2,1-2H3. The van der Waals surface area contributed by atoms with Gasteiger partial charge in [0.15, 0.2) is 0 Å². The second-order valence-corrected chi connectivity index (χ2v) is 10.1. The first-order valence-corrected chi connectivity index (χ1v) is 12.2. The number of rotatable bonds is 4. The van der Waals surface area contributed by atoms with Crippen molar-refractivity contribution in [3.8, 4) is 0 Å². The molecule has 4 aliphatic rings. The van der Waals surface area contributed by atoms with Crippen LogP contribution in [-0.4, -0.2) is 54.1 Å². The van der Waals surface area contributed by atoms with Gasteiger partial charge in [0.2, 0.25) is 5.91 Å². The third-order valence-electron chi connectivity index (χ3n) is 8.23. The van der Waals surface area contributed by atoms with E-state index in [2.05, 4.69) is 34.5 Å². The summed E-state index contributed by atoms with van der Waals surface area (Å²) in [6.45, 7) is 8.36. The van der Waals surface area contributed by atoms with Crippen molar-refractivity contribution in [1.82, 2.24) is 20.7 Å². The van der Waals surface area contributed by atoms with Gasteiger partial charge in [-0.05, 0) is 55.8 Å². The van der Waals surface area contributed by atoms with E-state index in [4.69, 9.17) is 0 Å². The second-order valence-electron chi connectivity index (χ2n) is 10.1. The number of piperazine rings is 1. The third kappa shape index (κ3) is 4.41. The molecule has 2 saturated heterocycles. The van der Waals surface area contributed by atoms with E-state index in [9.17, 15) is 4.79 Å². The molecule has 4 unspecified atom stereocenters. The predicted octanol–water partition coefficient (Wildman–Crippen LogP) is 3.37. The third-order valence-corrected chi connectivity index (χ3v) is 8.23. The Morgan fingerprint density at radius 2 is 1.57 bits per heavy atom. The first kappa shape index (κ1) is 20.6. The molecule has 5 nitrogen and oxygen atoms in total. The highest BCUT2D eigenvalue weighted by Gasteiger charge is 2.45. The van der Waals surface area contributed by atoms with Crippen LogP contribution in [0.4, 0.5) is 0 Å². The van der Waals surface area contributed by atoms with Gasteiger partial charge < -0.3 is 4.90 Å². The highest BCUT2D eigenvalue weighted by molar-refractivity contribution is 5.76. The van der Waals surface area contributed by atoms with Crippen molar-refractivity contribution in [3.05, 3.63) is 0 Å². The number of carbonyl (C=O) groups is 1. The maximum atomic E-state index is 12.2. The van der Waals surface area contributed by atoms with E-state index in [-0.39, 0.29) is 0 Å². The summed E-state index contributed by atoms with van der Waals surface area (Å²) >= 11 is 0. The van der Waals surface area contributed by atoms with Gasteiger partial charge in [-0.2, -0.15) is 0 Å². The molecular formula is C23H42N4O. The average Bonchev–Trinajstić information content (AvgIpc) is 2.74. The summed E-state index contributed by atoms with van der Waals surface area (Å²) in [5, 5.41) is 0. The Morgan fingerprint density at radius 1 is 0.893 bits per heavy atom. The van der Waals surface area contributed by atoms with Gasteiger partial charge in [-0.15, -0.1) is 0 Å². The summed E-state index contributed by atoms with van der Waals surface area (Å²) in [6, 6.07) is 0.668. The Morgan fingerprint density at radius 3 is 2.25 bits per heavy atom. The Balaban J connectivity index is 1.37. The lowest BCUT2D eigenvalue weighted by Crippen LogP contribution is -2.69. The summed E-state index contributed by atoms with van der Waals surface area (Å²) in [4.78, 5) is 16.9. The van der Waals surface area contributed by atoms with Crippen LogP contribution in [-0.2, 0) is 4.79 Å². The summed E-state index contributed by atoms with van der Waals surface area (Å²) in [6.07, 6.45) is 13.3. The second kappa shape index (κ2) is 9.44. The van der Waals surface area contributed by atoms with Crippen molar-refractivity contribution < 1.29 is 4.79 Å². The fourth-order valence-corrected chi connectivity index (χ4v) is 6.52. The molecule has 4 fully saturated rings. The molecule has 2 saturated carbocycles. The maximum absolute atomic E-state index is 12.2. The van der Waals surface area contributed by atoms with E-state index in [0.29, 0.717) is 24.5 Å². The van der Waals surface area contributed by atoms with Crippen LogP contribution in [0.5, 0.6) is 0 Å². The first-order valence-electron chi connectivity index (χ1n) is 12.2. The summed E-state index contributed by atoms with van der Waals surface area (Å²) < 4.78 is 0. The van der Waals surface area contributed by atoms with Crippen LogP contribution < -0.4 is 10.9 Å². The SMILES string of the molecule is CCCC(=O)N1CCN(C2NNC(C3CCC(C)CC3)C3CCCCC32)CC1. The molecule has 1 amide bonds. The van der Waals surface area contributed by atoms with E-state index in [0.717, 1.165) is 56.3 Å². The number of carbonyl (C=O) groups excluding carboxylic acids is 1. The van der Waals surface area contributed by atoms with E-state index in [1.165, 1.54) is 51.4 Å². The fourth-order valence-electron chi connectivity index (χ4n) is 6.52. The highest BCUT2D eigenvalue weighted by atomic mass is 16.2. The molecule has 28 heavy (non-hydrogen) atoms. The summed E-state index contributed by atoms with van der Waals surface area (Å²) in [5.74, 6) is 3.74. The lowest BCUT2D eigenvalue weighted by atomic mass is 9.66. The quantitative estimate of drug-likeness (QED) is 0.773. The van der Waals surface area contributed by atoms with Crippen molar-refractivity contribution in [2.75, 3.05) is 26.2 Å². The van der Waals surface area contributed by atoms with Gasteiger partial charge in [-0.25, -0.2) is 5.43 Å². The van der Waals surface area contributed by atoms with E-state index in [1.54, 1.807) is 0 Å². The van der Waals surface area contributed by atoms with Crippen LogP contribution >= 0.6 is 0 Å². The molecule has 0 aromatic heterocycles. The summed E-state index contributed by atoms with van der Waals surface area (Å²) in [7, 11) is 0. The van der Waals surface area contributed by atoms with Crippen molar-refractivity contribution in [2.24, 2.45) is 23.7 Å². The highest BCUT2D eigenvalue weighted by Crippen LogP contribution is 2.43. The van der Waals surface area contributed by atoms with Gasteiger partial charge in [0, 0.05) is 38.6 Å². The van der Waals surface area contributed by atoms with Crippen LogP contribution in [0.15, 0.2) is 0 Å². The lowest BCUT2D eigenvalue weighted by molar-refractivity contribution is -0.134. The number of nitrogens with one attached hydrogen (secondary N) is 2. The van der Waals surface area contributed by atoms with Gasteiger partial charge in [0.1, 0.15) is 0 Å². The van der Waals surface area contributed by atoms with Crippen LogP contribution in [0.25, 0.3) is 0 Å². The topological polar surface area (TPSA) is 47.6 Å². The number of hydrogen-bond acceptors (Lipinski definition) is 4. The monoisotopic (exact) mass is 390 g/mol. The van der Waals surface area contributed by atoms with Crippen LogP contribution in [0, 0.1) is 23.7 Å². The number of hydrazine groups is 1. The van der Waals surface area contributed by atoms with Gasteiger partial charge in [0.05, 0.1) is 6.17 Å².